The predicted molar refractivity (Wildman–Crippen MR) is 133 cm³/mol. The largest absolute Gasteiger partial charge is 0.487 e. The summed E-state index contributed by atoms with van der Waals surface area (Å²) in [6, 6.07) is 8.38. The third-order valence-electron chi connectivity index (χ3n) is 5.97. The van der Waals surface area contributed by atoms with Crippen LogP contribution in [0.3, 0.4) is 0 Å². The first-order chi connectivity index (χ1) is 16.1. The van der Waals surface area contributed by atoms with Crippen molar-refractivity contribution in [2.75, 3.05) is 6.61 Å². The van der Waals surface area contributed by atoms with Gasteiger partial charge in [0.25, 0.3) is 0 Å². The molecule has 3 nitrogen and oxygen atoms in total. The molecule has 0 spiro atoms. The lowest BCUT2D eigenvalue weighted by atomic mass is 10.0. The molecule has 0 aliphatic carbocycles. The minimum Gasteiger partial charge on any atom is -0.487 e. The summed E-state index contributed by atoms with van der Waals surface area (Å²) in [5.41, 5.74) is 2.28. The van der Waals surface area contributed by atoms with E-state index in [2.05, 4.69) is 29.0 Å². The molecule has 5 heteroatoms. The van der Waals surface area contributed by atoms with E-state index >= 15 is 0 Å². The van der Waals surface area contributed by atoms with E-state index in [0.29, 0.717) is 18.0 Å². The third kappa shape index (κ3) is 11.6. The van der Waals surface area contributed by atoms with Gasteiger partial charge in [0.05, 0.1) is 12.4 Å². The Morgan fingerprint density at radius 3 is 2.00 bits per heavy atom. The van der Waals surface area contributed by atoms with Gasteiger partial charge in [-0.3, -0.25) is 0 Å². The van der Waals surface area contributed by atoms with Gasteiger partial charge >= 0.3 is 0 Å². The summed E-state index contributed by atoms with van der Waals surface area (Å²) in [5, 5.41) is 0. The fourth-order valence-electron chi connectivity index (χ4n) is 3.90. The van der Waals surface area contributed by atoms with Crippen molar-refractivity contribution in [3.8, 4) is 17.1 Å². The van der Waals surface area contributed by atoms with E-state index in [1.807, 2.05) is 19.1 Å². The topological polar surface area (TPSA) is 35.0 Å². The summed E-state index contributed by atoms with van der Waals surface area (Å²) >= 11 is 0. The lowest BCUT2D eigenvalue weighted by Crippen LogP contribution is -2.18. The molecule has 2 aromatic rings. The standard InChI is InChI=1S/C28H42F2N2O/c1-3-5-7-8-9-10-11-12-13-23-15-17-24(18-16-23)28-31-20-27(21-32-28)33-22-26(30)19-25(29)14-6-4-2/h15-18,20-21,25-26H,3-14,19,22H2,1-2H3. The first-order valence-corrected chi connectivity index (χ1v) is 12.9. The van der Waals surface area contributed by atoms with E-state index in [1.165, 1.54) is 56.9 Å². The van der Waals surface area contributed by atoms with Crippen molar-refractivity contribution in [1.82, 2.24) is 9.97 Å². The molecule has 1 aromatic carbocycles. The van der Waals surface area contributed by atoms with Gasteiger partial charge in [0, 0.05) is 12.0 Å². The normalized spacial score (nSPS) is 13.1. The highest BCUT2D eigenvalue weighted by molar-refractivity contribution is 5.55. The molecule has 0 amide bonds. The Hall–Kier alpha value is -2.04. The minimum absolute atomic E-state index is 0.121. The Morgan fingerprint density at radius 2 is 1.36 bits per heavy atom. The van der Waals surface area contributed by atoms with Crippen LogP contribution < -0.4 is 4.74 Å². The summed E-state index contributed by atoms with van der Waals surface area (Å²) in [7, 11) is 0. The second-order valence-corrected chi connectivity index (χ2v) is 9.05. The average Bonchev–Trinajstić information content (AvgIpc) is 2.84. The molecule has 2 atom stereocenters. The summed E-state index contributed by atoms with van der Waals surface area (Å²) < 4.78 is 33.0. The number of hydrogen-bond donors (Lipinski definition) is 0. The van der Waals surface area contributed by atoms with Gasteiger partial charge < -0.3 is 4.74 Å². The van der Waals surface area contributed by atoms with Crippen LogP contribution in [0.15, 0.2) is 36.7 Å². The van der Waals surface area contributed by atoms with Crippen LogP contribution in [0, 0.1) is 0 Å². The number of aryl methyl sites for hydroxylation is 1. The molecular weight excluding hydrogens is 418 g/mol. The van der Waals surface area contributed by atoms with Crippen LogP contribution in [-0.4, -0.2) is 28.9 Å². The molecule has 0 fully saturated rings. The smallest absolute Gasteiger partial charge is 0.159 e. The highest BCUT2D eigenvalue weighted by atomic mass is 19.1. The van der Waals surface area contributed by atoms with Crippen LogP contribution in [-0.2, 0) is 6.42 Å². The van der Waals surface area contributed by atoms with Crippen molar-refractivity contribution in [1.29, 1.82) is 0 Å². The van der Waals surface area contributed by atoms with Gasteiger partial charge in [0.15, 0.2) is 11.6 Å². The van der Waals surface area contributed by atoms with Crippen LogP contribution in [0.25, 0.3) is 11.4 Å². The molecule has 0 saturated heterocycles. The van der Waals surface area contributed by atoms with Crippen LogP contribution in [0.4, 0.5) is 8.78 Å². The van der Waals surface area contributed by atoms with Crippen molar-refractivity contribution in [3.63, 3.8) is 0 Å². The number of rotatable bonds is 18. The Labute approximate surface area is 199 Å². The molecule has 0 aliphatic rings. The molecule has 0 radical (unpaired) electrons. The van der Waals surface area contributed by atoms with E-state index in [-0.39, 0.29) is 13.0 Å². The molecule has 0 aliphatic heterocycles. The van der Waals surface area contributed by atoms with E-state index in [0.717, 1.165) is 24.8 Å². The molecule has 0 bridgehead atoms. The first-order valence-electron chi connectivity index (χ1n) is 12.9. The van der Waals surface area contributed by atoms with Gasteiger partial charge in [-0.05, 0) is 24.8 Å². The quantitative estimate of drug-likeness (QED) is 0.209. The Morgan fingerprint density at radius 1 is 0.758 bits per heavy atom. The van der Waals surface area contributed by atoms with Crippen molar-refractivity contribution in [2.45, 2.75) is 110 Å². The molecule has 0 N–H and O–H groups in total. The Bertz CT molecular complexity index is 737. The number of ether oxygens (including phenoxy) is 1. The van der Waals surface area contributed by atoms with Crippen molar-refractivity contribution in [2.24, 2.45) is 0 Å². The minimum atomic E-state index is -1.33. The first kappa shape index (κ1) is 27.2. The van der Waals surface area contributed by atoms with E-state index < -0.39 is 12.3 Å². The molecule has 2 unspecified atom stereocenters. The van der Waals surface area contributed by atoms with Gasteiger partial charge in [-0.25, -0.2) is 18.7 Å². The third-order valence-corrected chi connectivity index (χ3v) is 5.97. The van der Waals surface area contributed by atoms with Crippen LogP contribution in [0.5, 0.6) is 5.75 Å². The number of halogens is 2. The number of alkyl halides is 2. The SMILES string of the molecule is CCCCCCCCCCc1ccc(-c2ncc(OCC(F)CC(F)CCCC)cn2)cc1. The number of unbranched alkanes of at least 4 members (excludes halogenated alkanes) is 8. The average molecular weight is 461 g/mol. The highest BCUT2D eigenvalue weighted by Gasteiger charge is 2.16. The van der Waals surface area contributed by atoms with E-state index in [1.54, 1.807) is 12.4 Å². The predicted octanol–water partition coefficient (Wildman–Crippen LogP) is 8.46. The zero-order valence-corrected chi connectivity index (χ0v) is 20.6. The second kappa shape index (κ2) is 16.6. The molecule has 1 aromatic heterocycles. The summed E-state index contributed by atoms with van der Waals surface area (Å²) in [5.74, 6) is 1.01. The molecular formula is C28H42F2N2O. The fourth-order valence-corrected chi connectivity index (χ4v) is 3.90. The molecule has 2 rings (SSSR count). The summed E-state index contributed by atoms with van der Waals surface area (Å²) in [6.45, 7) is 4.08. The lowest BCUT2D eigenvalue weighted by molar-refractivity contribution is 0.146. The van der Waals surface area contributed by atoms with E-state index in [9.17, 15) is 8.78 Å². The van der Waals surface area contributed by atoms with Gasteiger partial charge in [0.1, 0.15) is 19.0 Å². The zero-order valence-electron chi connectivity index (χ0n) is 20.6. The van der Waals surface area contributed by atoms with Crippen LogP contribution in [0.2, 0.25) is 0 Å². The van der Waals surface area contributed by atoms with Crippen LogP contribution >= 0.6 is 0 Å². The van der Waals surface area contributed by atoms with Crippen molar-refractivity contribution in [3.05, 3.63) is 42.2 Å². The monoisotopic (exact) mass is 460 g/mol. The molecule has 1 heterocycles. The maximum absolute atomic E-state index is 13.9. The van der Waals surface area contributed by atoms with Gasteiger partial charge in [-0.2, -0.15) is 0 Å². The zero-order chi connectivity index (χ0) is 23.7. The van der Waals surface area contributed by atoms with Gasteiger partial charge in [-0.15, -0.1) is 0 Å². The summed E-state index contributed by atoms with van der Waals surface area (Å²) in [4.78, 5) is 8.68. The molecule has 33 heavy (non-hydrogen) atoms. The number of aromatic nitrogens is 2. The lowest BCUT2D eigenvalue weighted by Gasteiger charge is -2.13. The maximum Gasteiger partial charge on any atom is 0.159 e. The van der Waals surface area contributed by atoms with Crippen LogP contribution in [0.1, 0.15) is 96.5 Å². The second-order valence-electron chi connectivity index (χ2n) is 9.05. The Balaban J connectivity index is 1.69. The summed E-state index contributed by atoms with van der Waals surface area (Å²) in [6.07, 6.45) is 14.4. The van der Waals surface area contributed by atoms with Crippen molar-refractivity contribution < 1.29 is 13.5 Å². The number of benzene rings is 1. The van der Waals surface area contributed by atoms with Crippen molar-refractivity contribution >= 4 is 0 Å². The fraction of sp³-hybridized carbons (Fsp3) is 0.643. The number of hydrogen-bond acceptors (Lipinski definition) is 3. The van der Waals surface area contributed by atoms with Gasteiger partial charge in [0.2, 0.25) is 0 Å². The Kier molecular flexibility index (Phi) is 13.6. The molecule has 0 saturated carbocycles. The maximum atomic E-state index is 13.9. The number of nitrogens with zero attached hydrogens (tertiary/aromatic N) is 2. The molecule has 184 valence electrons. The highest BCUT2D eigenvalue weighted by Crippen LogP contribution is 2.20. The van der Waals surface area contributed by atoms with E-state index in [4.69, 9.17) is 4.74 Å². The van der Waals surface area contributed by atoms with Gasteiger partial charge in [-0.1, -0.05) is 95.9 Å².